The number of aryl methyl sites for hydroxylation is 1. The first-order chi connectivity index (χ1) is 15.3. The van der Waals surface area contributed by atoms with Crippen molar-refractivity contribution in [1.82, 2.24) is 19.5 Å². The van der Waals surface area contributed by atoms with Crippen molar-refractivity contribution in [3.63, 3.8) is 0 Å². The average molecular weight is 494 g/mol. The van der Waals surface area contributed by atoms with Crippen LogP contribution < -0.4 is 5.32 Å². The van der Waals surface area contributed by atoms with E-state index in [1.54, 1.807) is 30.4 Å². The summed E-state index contributed by atoms with van der Waals surface area (Å²) in [4.78, 5) is 17.2. The van der Waals surface area contributed by atoms with Gasteiger partial charge in [0.2, 0.25) is 21.8 Å². The molecule has 1 unspecified atom stereocenters. The largest absolute Gasteiger partial charge is 0.416 e. The number of carbonyl (C=O) groups excluding carboxylic acids is 1. The molecule has 0 bridgehead atoms. The lowest BCUT2D eigenvalue weighted by molar-refractivity contribution is -0.115. The lowest BCUT2D eigenvalue weighted by Gasteiger charge is -2.16. The molecule has 170 valence electrons. The molecule has 1 aromatic carbocycles. The molecule has 1 atom stereocenters. The van der Waals surface area contributed by atoms with E-state index in [0.29, 0.717) is 36.3 Å². The van der Waals surface area contributed by atoms with Crippen molar-refractivity contribution in [3.8, 4) is 0 Å². The van der Waals surface area contributed by atoms with Gasteiger partial charge in [0.15, 0.2) is 0 Å². The molecule has 3 heterocycles. The molecule has 0 spiro atoms. The van der Waals surface area contributed by atoms with Crippen LogP contribution in [0.2, 0.25) is 0 Å². The lowest BCUT2D eigenvalue weighted by Crippen LogP contribution is -2.27. The Morgan fingerprint density at radius 2 is 1.97 bits per heavy atom. The fourth-order valence-electron chi connectivity index (χ4n) is 3.24. The Kier molecular flexibility index (Phi) is 6.93. The topological polar surface area (TPSA) is 118 Å². The third-order valence-corrected chi connectivity index (χ3v) is 8.59. The Hall–Kier alpha value is -2.28. The summed E-state index contributed by atoms with van der Waals surface area (Å²) in [5, 5.41) is 13.5. The fourth-order valence-corrected chi connectivity index (χ4v) is 6.07. The van der Waals surface area contributed by atoms with E-state index in [0.717, 1.165) is 35.3 Å². The van der Waals surface area contributed by atoms with Gasteiger partial charge in [-0.1, -0.05) is 11.8 Å². The first kappa shape index (κ1) is 22.9. The number of amides is 1. The SMILES string of the molecule is Cc1nc(Cc2nnc(SC(C)C(=O)Nc3ccc(S(=O)(=O)N4CCCC4)cc3)o2)cs1. The van der Waals surface area contributed by atoms with Gasteiger partial charge in [0, 0.05) is 24.2 Å². The summed E-state index contributed by atoms with van der Waals surface area (Å²) in [5.74, 6) is 0.195. The van der Waals surface area contributed by atoms with Gasteiger partial charge < -0.3 is 9.73 Å². The predicted octanol–water partition coefficient (Wildman–Crippen LogP) is 3.33. The Morgan fingerprint density at radius 1 is 1.25 bits per heavy atom. The van der Waals surface area contributed by atoms with Gasteiger partial charge in [-0.15, -0.1) is 21.5 Å². The molecule has 1 N–H and O–H groups in total. The maximum absolute atomic E-state index is 12.6. The number of rotatable bonds is 8. The molecule has 1 saturated heterocycles. The van der Waals surface area contributed by atoms with Gasteiger partial charge in [0.25, 0.3) is 5.22 Å². The van der Waals surface area contributed by atoms with Crippen molar-refractivity contribution in [3.05, 3.63) is 46.2 Å². The van der Waals surface area contributed by atoms with Crippen molar-refractivity contribution < 1.29 is 17.6 Å². The number of hydrogen-bond donors (Lipinski definition) is 1. The number of thiazole rings is 1. The second kappa shape index (κ2) is 9.69. The summed E-state index contributed by atoms with van der Waals surface area (Å²) in [6.45, 7) is 4.77. The monoisotopic (exact) mass is 493 g/mol. The zero-order valence-corrected chi connectivity index (χ0v) is 20.1. The van der Waals surface area contributed by atoms with Crippen LogP contribution in [0.3, 0.4) is 0 Å². The zero-order valence-electron chi connectivity index (χ0n) is 17.6. The van der Waals surface area contributed by atoms with Crippen molar-refractivity contribution in [1.29, 1.82) is 0 Å². The minimum Gasteiger partial charge on any atom is -0.416 e. The highest BCUT2D eigenvalue weighted by atomic mass is 32.2. The number of benzene rings is 1. The molecule has 1 amide bonds. The van der Waals surface area contributed by atoms with Crippen LogP contribution in [-0.4, -0.2) is 52.2 Å². The van der Waals surface area contributed by atoms with E-state index in [1.807, 2.05) is 12.3 Å². The number of sulfonamides is 1. The van der Waals surface area contributed by atoms with Crippen LogP contribution in [0.25, 0.3) is 0 Å². The van der Waals surface area contributed by atoms with Crippen molar-refractivity contribution >= 4 is 44.7 Å². The Bertz CT molecular complexity index is 1180. The summed E-state index contributed by atoms with van der Waals surface area (Å²) in [6.07, 6.45) is 2.22. The molecule has 4 rings (SSSR count). The standard InChI is InChI=1S/C20H23N5O4S3/c1-13(31-20-24-23-18(29-20)11-16-12-30-14(2)21-16)19(26)22-15-5-7-17(8-6-15)32(27,28)25-9-3-4-10-25/h5-8,12-13H,3-4,9-11H2,1-2H3,(H,22,26). The van der Waals surface area contributed by atoms with E-state index in [9.17, 15) is 13.2 Å². The summed E-state index contributed by atoms with van der Waals surface area (Å²) in [5.41, 5.74) is 1.39. The molecular weight excluding hydrogens is 470 g/mol. The van der Waals surface area contributed by atoms with E-state index in [-0.39, 0.29) is 10.8 Å². The summed E-state index contributed by atoms with van der Waals surface area (Å²) >= 11 is 2.72. The average Bonchev–Trinajstić information content (AvgIpc) is 3.52. The highest BCUT2D eigenvalue weighted by Crippen LogP contribution is 2.25. The van der Waals surface area contributed by atoms with Crippen LogP contribution in [0.4, 0.5) is 5.69 Å². The van der Waals surface area contributed by atoms with Gasteiger partial charge in [-0.2, -0.15) is 4.31 Å². The first-order valence-electron chi connectivity index (χ1n) is 10.1. The van der Waals surface area contributed by atoms with Crippen LogP contribution >= 0.6 is 23.1 Å². The van der Waals surface area contributed by atoms with Gasteiger partial charge in [-0.05, 0) is 51.0 Å². The van der Waals surface area contributed by atoms with Gasteiger partial charge in [-0.3, -0.25) is 4.79 Å². The number of nitrogens with one attached hydrogen (secondary N) is 1. The van der Waals surface area contributed by atoms with Crippen molar-refractivity contribution in [2.75, 3.05) is 18.4 Å². The van der Waals surface area contributed by atoms with Gasteiger partial charge in [-0.25, -0.2) is 13.4 Å². The number of nitrogens with zero attached hydrogens (tertiary/aromatic N) is 4. The third-order valence-electron chi connectivity index (χ3n) is 4.92. The molecule has 0 radical (unpaired) electrons. The Balaban J connectivity index is 1.32. The maximum Gasteiger partial charge on any atom is 0.277 e. The van der Waals surface area contributed by atoms with E-state index in [4.69, 9.17) is 4.42 Å². The number of aromatic nitrogens is 3. The minimum atomic E-state index is -3.47. The normalized spacial score (nSPS) is 15.7. The highest BCUT2D eigenvalue weighted by molar-refractivity contribution is 8.00. The molecule has 0 saturated carbocycles. The van der Waals surface area contributed by atoms with E-state index in [1.165, 1.54) is 16.4 Å². The first-order valence-corrected chi connectivity index (χ1v) is 13.3. The van der Waals surface area contributed by atoms with Crippen molar-refractivity contribution in [2.45, 2.75) is 48.5 Å². The molecule has 9 nitrogen and oxygen atoms in total. The van der Waals surface area contributed by atoms with E-state index >= 15 is 0 Å². The highest BCUT2D eigenvalue weighted by Gasteiger charge is 2.27. The molecule has 0 aliphatic carbocycles. The smallest absolute Gasteiger partial charge is 0.277 e. The molecule has 12 heteroatoms. The molecule has 32 heavy (non-hydrogen) atoms. The predicted molar refractivity (Wildman–Crippen MR) is 122 cm³/mol. The van der Waals surface area contributed by atoms with Crippen LogP contribution in [0, 0.1) is 6.92 Å². The second-order valence-corrected chi connectivity index (χ2v) is 11.7. The van der Waals surface area contributed by atoms with Crippen LogP contribution in [-0.2, 0) is 21.2 Å². The van der Waals surface area contributed by atoms with Crippen LogP contribution in [0.1, 0.15) is 36.4 Å². The van der Waals surface area contributed by atoms with E-state index < -0.39 is 15.3 Å². The third kappa shape index (κ3) is 5.37. The van der Waals surface area contributed by atoms with Crippen LogP contribution in [0.5, 0.6) is 0 Å². The number of carbonyl (C=O) groups is 1. The number of hydrogen-bond acceptors (Lipinski definition) is 9. The number of thioether (sulfide) groups is 1. The van der Waals surface area contributed by atoms with E-state index in [2.05, 4.69) is 20.5 Å². The summed E-state index contributed by atoms with van der Waals surface area (Å²) in [6, 6.07) is 6.23. The van der Waals surface area contributed by atoms with Crippen molar-refractivity contribution in [2.24, 2.45) is 0 Å². The Labute approximate surface area is 194 Å². The molecule has 3 aromatic rings. The molecule has 1 fully saturated rings. The molecule has 2 aromatic heterocycles. The lowest BCUT2D eigenvalue weighted by atomic mass is 10.3. The summed E-state index contributed by atoms with van der Waals surface area (Å²) < 4.78 is 32.3. The van der Waals surface area contributed by atoms with Gasteiger partial charge in [0.1, 0.15) is 0 Å². The maximum atomic E-state index is 12.6. The molecule has 1 aliphatic heterocycles. The molecule has 1 aliphatic rings. The van der Waals surface area contributed by atoms with Gasteiger partial charge in [0.05, 0.1) is 27.3 Å². The van der Waals surface area contributed by atoms with Gasteiger partial charge >= 0.3 is 0 Å². The minimum absolute atomic E-state index is 0.230. The van der Waals surface area contributed by atoms with Crippen LogP contribution in [0.15, 0.2) is 44.2 Å². The second-order valence-electron chi connectivity index (χ2n) is 7.38. The molecular formula is C20H23N5O4S3. The quantitative estimate of drug-likeness (QED) is 0.475. The number of anilines is 1. The zero-order chi connectivity index (χ0) is 22.7. The fraction of sp³-hybridized carbons (Fsp3) is 0.400. The summed E-state index contributed by atoms with van der Waals surface area (Å²) in [7, 11) is -3.47. The Morgan fingerprint density at radius 3 is 2.62 bits per heavy atom.